The van der Waals surface area contributed by atoms with Crippen molar-refractivity contribution < 1.29 is 4.79 Å². The molecule has 0 aliphatic heterocycles. The van der Waals surface area contributed by atoms with Gasteiger partial charge in [-0.1, -0.05) is 54.6 Å². The molecule has 3 aromatic rings. The summed E-state index contributed by atoms with van der Waals surface area (Å²) in [6.07, 6.45) is 4.12. The van der Waals surface area contributed by atoms with Crippen molar-refractivity contribution in [1.82, 2.24) is 4.98 Å². The van der Waals surface area contributed by atoms with Crippen LogP contribution in [0.2, 0.25) is 0 Å². The van der Waals surface area contributed by atoms with Gasteiger partial charge < -0.3 is 0 Å². The van der Waals surface area contributed by atoms with Crippen LogP contribution in [0.1, 0.15) is 21.6 Å². The molecule has 0 saturated carbocycles. The molecule has 0 bridgehead atoms. The summed E-state index contributed by atoms with van der Waals surface area (Å²) in [5, 5.41) is 12.5. The lowest BCUT2D eigenvalue weighted by molar-refractivity contribution is -0.112. The smallest absolute Gasteiger partial charge is 0.268 e. The van der Waals surface area contributed by atoms with Gasteiger partial charge in [-0.15, -0.1) is 11.3 Å². The van der Waals surface area contributed by atoms with Crippen molar-refractivity contribution in [3.8, 4) is 6.07 Å². The van der Waals surface area contributed by atoms with E-state index in [1.54, 1.807) is 12.3 Å². The van der Waals surface area contributed by atoms with Crippen molar-refractivity contribution in [3.05, 3.63) is 87.9 Å². The van der Waals surface area contributed by atoms with Crippen LogP contribution in [-0.4, -0.2) is 10.9 Å². The number of benzene rings is 2. The van der Waals surface area contributed by atoms with E-state index in [9.17, 15) is 10.1 Å². The number of thiazole rings is 1. The standard InChI is InChI=1S/C21H17N3OS/c1-15-7-5-6-10-17(15)12-18(13-22)20(25)24-21-23-14-19(26-21)11-16-8-3-2-4-9-16/h2-10,12,14H,11H2,1H3,(H,23,24,25)/b18-12-. The predicted molar refractivity (Wildman–Crippen MR) is 105 cm³/mol. The first-order valence-electron chi connectivity index (χ1n) is 8.13. The van der Waals surface area contributed by atoms with Gasteiger partial charge in [-0.05, 0) is 29.7 Å². The zero-order valence-electron chi connectivity index (χ0n) is 14.3. The van der Waals surface area contributed by atoms with Gasteiger partial charge in [0, 0.05) is 17.5 Å². The predicted octanol–water partition coefficient (Wildman–Crippen LogP) is 4.59. The largest absolute Gasteiger partial charge is 0.297 e. The van der Waals surface area contributed by atoms with E-state index in [0.717, 1.165) is 22.4 Å². The van der Waals surface area contributed by atoms with E-state index in [1.165, 1.54) is 16.9 Å². The minimum atomic E-state index is -0.448. The van der Waals surface area contributed by atoms with Crippen LogP contribution in [0, 0.1) is 18.3 Å². The van der Waals surface area contributed by atoms with Crippen LogP contribution < -0.4 is 5.32 Å². The molecule has 0 saturated heterocycles. The Bertz CT molecular complexity index is 984. The van der Waals surface area contributed by atoms with Gasteiger partial charge in [0.05, 0.1) is 0 Å². The Labute approximate surface area is 156 Å². The first kappa shape index (κ1) is 17.6. The first-order valence-corrected chi connectivity index (χ1v) is 8.95. The molecule has 1 amide bonds. The molecule has 1 heterocycles. The van der Waals surface area contributed by atoms with Crippen molar-refractivity contribution in [2.24, 2.45) is 0 Å². The molecule has 0 radical (unpaired) electrons. The SMILES string of the molecule is Cc1ccccc1/C=C(/C#N)C(=O)Nc1ncc(Cc2ccccc2)s1. The van der Waals surface area contributed by atoms with E-state index in [1.807, 2.05) is 55.5 Å². The molecule has 0 atom stereocenters. The molecule has 0 fully saturated rings. The van der Waals surface area contributed by atoms with Crippen molar-refractivity contribution in [2.45, 2.75) is 13.3 Å². The van der Waals surface area contributed by atoms with Crippen LogP contribution in [0.15, 0.2) is 66.4 Å². The van der Waals surface area contributed by atoms with E-state index in [2.05, 4.69) is 22.4 Å². The molecule has 2 aromatic carbocycles. The Kier molecular flexibility index (Phi) is 5.57. The third kappa shape index (κ3) is 4.44. The molecule has 5 heteroatoms. The number of rotatable bonds is 5. The molecule has 0 spiro atoms. The first-order chi connectivity index (χ1) is 12.7. The summed E-state index contributed by atoms with van der Waals surface area (Å²) in [7, 11) is 0. The average Bonchev–Trinajstić information content (AvgIpc) is 3.08. The number of carbonyl (C=O) groups excluding carboxylic acids is 1. The van der Waals surface area contributed by atoms with Crippen LogP contribution in [0.3, 0.4) is 0 Å². The van der Waals surface area contributed by atoms with Crippen molar-refractivity contribution in [3.63, 3.8) is 0 Å². The molecule has 1 N–H and O–H groups in total. The zero-order valence-corrected chi connectivity index (χ0v) is 15.1. The Hall–Kier alpha value is -3.23. The second kappa shape index (κ2) is 8.24. The monoisotopic (exact) mass is 359 g/mol. The van der Waals surface area contributed by atoms with Crippen LogP contribution >= 0.6 is 11.3 Å². The van der Waals surface area contributed by atoms with E-state index in [-0.39, 0.29) is 5.57 Å². The van der Waals surface area contributed by atoms with Crippen molar-refractivity contribution in [2.75, 3.05) is 5.32 Å². The lowest BCUT2D eigenvalue weighted by Crippen LogP contribution is -2.13. The summed E-state index contributed by atoms with van der Waals surface area (Å²) in [4.78, 5) is 17.7. The number of nitrogens with zero attached hydrogens (tertiary/aromatic N) is 2. The highest BCUT2D eigenvalue weighted by atomic mass is 32.1. The topological polar surface area (TPSA) is 65.8 Å². The lowest BCUT2D eigenvalue weighted by Gasteiger charge is -2.02. The van der Waals surface area contributed by atoms with Crippen LogP contribution in [0.4, 0.5) is 5.13 Å². The Morgan fingerprint density at radius 3 is 2.65 bits per heavy atom. The molecule has 26 heavy (non-hydrogen) atoms. The highest BCUT2D eigenvalue weighted by molar-refractivity contribution is 7.15. The van der Waals surface area contributed by atoms with Crippen LogP contribution in [0.25, 0.3) is 6.08 Å². The molecule has 4 nitrogen and oxygen atoms in total. The van der Waals surface area contributed by atoms with E-state index in [0.29, 0.717) is 5.13 Å². The fraction of sp³-hybridized carbons (Fsp3) is 0.0952. The summed E-state index contributed by atoms with van der Waals surface area (Å²) in [5.41, 5.74) is 3.10. The molecule has 0 unspecified atom stereocenters. The average molecular weight is 359 g/mol. The summed E-state index contributed by atoms with van der Waals surface area (Å²) >= 11 is 1.41. The Balaban J connectivity index is 1.71. The quantitative estimate of drug-likeness (QED) is 0.535. The van der Waals surface area contributed by atoms with Gasteiger partial charge >= 0.3 is 0 Å². The second-order valence-corrected chi connectivity index (χ2v) is 6.89. The fourth-order valence-corrected chi connectivity index (χ4v) is 3.30. The fourth-order valence-electron chi connectivity index (χ4n) is 2.46. The van der Waals surface area contributed by atoms with Crippen LogP contribution in [0.5, 0.6) is 0 Å². The summed E-state index contributed by atoms with van der Waals surface area (Å²) in [6, 6.07) is 19.7. The minimum absolute atomic E-state index is 0.0547. The highest BCUT2D eigenvalue weighted by Crippen LogP contribution is 2.22. The maximum Gasteiger partial charge on any atom is 0.268 e. The number of nitrogens with one attached hydrogen (secondary N) is 1. The van der Waals surface area contributed by atoms with Gasteiger partial charge in [0.15, 0.2) is 5.13 Å². The van der Waals surface area contributed by atoms with E-state index in [4.69, 9.17) is 0 Å². The van der Waals surface area contributed by atoms with Gasteiger partial charge in [0.1, 0.15) is 11.6 Å². The minimum Gasteiger partial charge on any atom is -0.297 e. The Morgan fingerprint density at radius 1 is 1.19 bits per heavy atom. The molecule has 1 aromatic heterocycles. The summed E-state index contributed by atoms with van der Waals surface area (Å²) < 4.78 is 0. The number of nitriles is 1. The zero-order chi connectivity index (χ0) is 18.4. The number of carbonyl (C=O) groups is 1. The number of hydrogen-bond donors (Lipinski definition) is 1. The number of aryl methyl sites for hydroxylation is 1. The molecule has 0 aliphatic carbocycles. The molecular weight excluding hydrogens is 342 g/mol. The molecular formula is C21H17N3OS. The van der Waals surface area contributed by atoms with Gasteiger partial charge in [-0.2, -0.15) is 5.26 Å². The van der Waals surface area contributed by atoms with Gasteiger partial charge in [0.25, 0.3) is 5.91 Å². The van der Waals surface area contributed by atoms with Crippen LogP contribution in [-0.2, 0) is 11.2 Å². The summed E-state index contributed by atoms with van der Waals surface area (Å²) in [6.45, 7) is 1.94. The highest BCUT2D eigenvalue weighted by Gasteiger charge is 2.12. The lowest BCUT2D eigenvalue weighted by atomic mass is 10.1. The third-order valence-corrected chi connectivity index (χ3v) is 4.76. The normalized spacial score (nSPS) is 11.0. The Morgan fingerprint density at radius 2 is 1.92 bits per heavy atom. The summed E-state index contributed by atoms with van der Waals surface area (Å²) in [5.74, 6) is -0.448. The number of amides is 1. The molecule has 3 rings (SSSR count). The number of anilines is 1. The van der Waals surface area contributed by atoms with Crippen molar-refractivity contribution in [1.29, 1.82) is 5.26 Å². The number of aromatic nitrogens is 1. The van der Waals surface area contributed by atoms with Gasteiger partial charge in [0.2, 0.25) is 0 Å². The second-order valence-electron chi connectivity index (χ2n) is 5.77. The van der Waals surface area contributed by atoms with E-state index >= 15 is 0 Å². The molecule has 0 aliphatic rings. The maximum absolute atomic E-state index is 12.4. The van der Waals surface area contributed by atoms with Gasteiger partial charge in [-0.25, -0.2) is 4.98 Å². The number of hydrogen-bond acceptors (Lipinski definition) is 4. The maximum atomic E-state index is 12.4. The third-order valence-electron chi connectivity index (χ3n) is 3.85. The molecule has 128 valence electrons. The van der Waals surface area contributed by atoms with E-state index < -0.39 is 5.91 Å². The van der Waals surface area contributed by atoms with Crippen molar-refractivity contribution >= 4 is 28.5 Å². The van der Waals surface area contributed by atoms with Gasteiger partial charge in [-0.3, -0.25) is 10.1 Å².